The highest BCUT2D eigenvalue weighted by molar-refractivity contribution is 6.30. The minimum atomic E-state index is -0.718. The van der Waals surface area contributed by atoms with Gasteiger partial charge in [-0.3, -0.25) is 0 Å². The smallest absolute Gasteiger partial charge is 0.361 e. The summed E-state index contributed by atoms with van der Waals surface area (Å²) >= 11 is 5.98. The molecule has 0 saturated heterocycles. The molecule has 0 radical (unpaired) electrons. The van der Waals surface area contributed by atoms with Gasteiger partial charge in [-0.2, -0.15) is 0 Å². The molecular weight excluding hydrogens is 290 g/mol. The predicted octanol–water partition coefficient (Wildman–Crippen LogP) is 2.93. The van der Waals surface area contributed by atoms with E-state index in [0.717, 1.165) is 4.73 Å². The van der Waals surface area contributed by atoms with E-state index in [1.54, 1.807) is 24.3 Å². The molecule has 0 N–H and O–H groups in total. The zero-order valence-corrected chi connectivity index (χ0v) is 13.1. The first-order chi connectivity index (χ1) is 9.72. The zero-order valence-electron chi connectivity index (χ0n) is 12.3. The summed E-state index contributed by atoms with van der Waals surface area (Å²) in [4.78, 5) is 0. The highest BCUT2D eigenvalue weighted by Gasteiger charge is 2.50. The second-order valence-corrected chi connectivity index (χ2v) is 6.58. The molecule has 0 unspecified atom stereocenters. The maximum absolute atomic E-state index is 12.8. The average Bonchev–Trinajstić information content (AvgIpc) is 2.55. The van der Waals surface area contributed by atoms with Gasteiger partial charge in [-0.1, -0.05) is 17.7 Å². The SMILES string of the molecule is CC1(C)OC(C)(C)c2c1nnc(-c1cccc(Cl)c1)[n+]2[O-]. The van der Waals surface area contributed by atoms with Gasteiger partial charge in [0.25, 0.3) is 0 Å². The molecule has 0 fully saturated rings. The van der Waals surface area contributed by atoms with Crippen LogP contribution in [0.2, 0.25) is 5.02 Å². The number of fused-ring (bicyclic) bond motifs is 1. The second-order valence-electron chi connectivity index (χ2n) is 6.15. The largest absolute Gasteiger partial charge is 0.710 e. The van der Waals surface area contributed by atoms with Crippen molar-refractivity contribution in [1.29, 1.82) is 0 Å². The topological polar surface area (TPSA) is 62.0 Å². The highest BCUT2D eigenvalue weighted by Crippen LogP contribution is 2.43. The van der Waals surface area contributed by atoms with E-state index < -0.39 is 11.2 Å². The van der Waals surface area contributed by atoms with E-state index in [1.165, 1.54) is 0 Å². The van der Waals surface area contributed by atoms with E-state index in [1.807, 2.05) is 27.7 Å². The van der Waals surface area contributed by atoms with Crippen molar-refractivity contribution in [1.82, 2.24) is 10.2 Å². The Labute approximate surface area is 128 Å². The van der Waals surface area contributed by atoms with Crippen LogP contribution in [-0.2, 0) is 15.9 Å². The van der Waals surface area contributed by atoms with Crippen molar-refractivity contribution in [3.63, 3.8) is 0 Å². The average molecular weight is 306 g/mol. The van der Waals surface area contributed by atoms with Gasteiger partial charge in [-0.05, 0) is 51.0 Å². The summed E-state index contributed by atoms with van der Waals surface area (Å²) in [5.41, 5.74) is 0.355. The summed E-state index contributed by atoms with van der Waals surface area (Å²) in [6.45, 7) is 7.49. The molecule has 6 heteroatoms. The fourth-order valence-corrected chi connectivity index (χ4v) is 3.05. The number of aromatic nitrogens is 3. The van der Waals surface area contributed by atoms with Gasteiger partial charge in [0, 0.05) is 5.02 Å². The molecule has 110 valence electrons. The van der Waals surface area contributed by atoms with E-state index in [9.17, 15) is 5.21 Å². The second kappa shape index (κ2) is 4.39. The first-order valence-electron chi connectivity index (χ1n) is 6.70. The molecule has 5 nitrogen and oxygen atoms in total. The van der Waals surface area contributed by atoms with Gasteiger partial charge in [0.1, 0.15) is 11.2 Å². The summed E-state index contributed by atoms with van der Waals surface area (Å²) in [7, 11) is 0. The Morgan fingerprint density at radius 1 is 1.14 bits per heavy atom. The standard InChI is InChI=1S/C15H16ClN3O2/c1-14(2)11-12(15(3,4)21-14)19(20)13(18-17-11)9-6-5-7-10(16)8-9/h5-8H,1-4H3. The van der Waals surface area contributed by atoms with Gasteiger partial charge in [-0.15, -0.1) is 0 Å². The molecule has 1 aliphatic heterocycles. The van der Waals surface area contributed by atoms with E-state index in [4.69, 9.17) is 16.3 Å². The van der Waals surface area contributed by atoms with Gasteiger partial charge in [0.2, 0.25) is 0 Å². The van der Waals surface area contributed by atoms with Crippen LogP contribution in [0.15, 0.2) is 24.3 Å². The molecule has 1 aromatic carbocycles. The normalized spacial score (nSPS) is 18.5. The predicted molar refractivity (Wildman–Crippen MR) is 78.6 cm³/mol. The van der Waals surface area contributed by atoms with E-state index >= 15 is 0 Å². The van der Waals surface area contributed by atoms with Crippen LogP contribution in [-0.4, -0.2) is 10.2 Å². The third kappa shape index (κ3) is 2.17. The molecule has 0 spiro atoms. The molecule has 3 rings (SSSR count). The van der Waals surface area contributed by atoms with Crippen molar-refractivity contribution in [2.75, 3.05) is 0 Å². The Bertz CT molecular complexity index is 729. The minimum Gasteiger partial charge on any atom is -0.710 e. The Balaban J connectivity index is 2.25. The fraction of sp³-hybridized carbons (Fsp3) is 0.400. The number of rotatable bonds is 1. The van der Waals surface area contributed by atoms with Crippen molar-refractivity contribution in [2.24, 2.45) is 0 Å². The fourth-order valence-electron chi connectivity index (χ4n) is 2.86. The molecule has 0 saturated carbocycles. The van der Waals surface area contributed by atoms with Crippen LogP contribution >= 0.6 is 11.6 Å². The van der Waals surface area contributed by atoms with E-state index in [0.29, 0.717) is 22.0 Å². The molecule has 1 aromatic heterocycles. The monoisotopic (exact) mass is 305 g/mol. The molecule has 2 aromatic rings. The number of hydrogen-bond acceptors (Lipinski definition) is 4. The Morgan fingerprint density at radius 3 is 2.52 bits per heavy atom. The van der Waals surface area contributed by atoms with Crippen LogP contribution in [0.4, 0.5) is 0 Å². The summed E-state index contributed by atoms with van der Waals surface area (Å²) in [6, 6.07) is 7.00. The number of nitrogens with zero attached hydrogens (tertiary/aromatic N) is 3. The third-order valence-electron chi connectivity index (χ3n) is 3.60. The van der Waals surface area contributed by atoms with Gasteiger partial charge >= 0.3 is 5.82 Å². The number of ether oxygens (including phenoxy) is 1. The maximum Gasteiger partial charge on any atom is 0.361 e. The van der Waals surface area contributed by atoms with E-state index in [2.05, 4.69) is 10.2 Å². The number of halogens is 1. The van der Waals surface area contributed by atoms with Gasteiger partial charge in [0.15, 0.2) is 11.4 Å². The number of hydrogen-bond donors (Lipinski definition) is 0. The molecule has 1 aliphatic rings. The van der Waals surface area contributed by atoms with Gasteiger partial charge in [0.05, 0.1) is 10.7 Å². The van der Waals surface area contributed by atoms with Crippen molar-refractivity contribution in [3.05, 3.63) is 45.9 Å². The maximum atomic E-state index is 12.8. The Morgan fingerprint density at radius 2 is 1.86 bits per heavy atom. The molecule has 0 amide bonds. The van der Waals surface area contributed by atoms with Crippen LogP contribution < -0.4 is 4.73 Å². The molecule has 0 aliphatic carbocycles. The van der Waals surface area contributed by atoms with E-state index in [-0.39, 0.29) is 5.82 Å². The van der Waals surface area contributed by atoms with Gasteiger partial charge < -0.3 is 9.94 Å². The number of benzene rings is 1. The van der Waals surface area contributed by atoms with Crippen LogP contribution in [0.3, 0.4) is 0 Å². The summed E-state index contributed by atoms with van der Waals surface area (Å²) < 4.78 is 6.76. The van der Waals surface area contributed by atoms with Crippen molar-refractivity contribution in [2.45, 2.75) is 38.9 Å². The first kappa shape index (κ1) is 14.2. The van der Waals surface area contributed by atoms with Crippen molar-refractivity contribution in [3.8, 4) is 11.4 Å². The lowest BCUT2D eigenvalue weighted by molar-refractivity contribution is -0.612. The van der Waals surface area contributed by atoms with Gasteiger partial charge in [-0.25, -0.2) is 4.73 Å². The van der Waals surface area contributed by atoms with Crippen LogP contribution in [0.25, 0.3) is 11.4 Å². The third-order valence-corrected chi connectivity index (χ3v) is 3.83. The quantitative estimate of drug-likeness (QED) is 0.600. The summed E-state index contributed by atoms with van der Waals surface area (Å²) in [5, 5.41) is 21.6. The van der Waals surface area contributed by atoms with Crippen LogP contribution in [0.1, 0.15) is 39.1 Å². The van der Waals surface area contributed by atoms with Crippen molar-refractivity contribution < 1.29 is 9.47 Å². The van der Waals surface area contributed by atoms with Crippen LogP contribution in [0.5, 0.6) is 0 Å². The van der Waals surface area contributed by atoms with Crippen molar-refractivity contribution >= 4 is 11.6 Å². The molecule has 0 bridgehead atoms. The molecule has 0 atom stereocenters. The molecular formula is C15H16ClN3O2. The lowest BCUT2D eigenvalue weighted by Crippen LogP contribution is -2.42. The Kier molecular flexibility index (Phi) is 2.97. The summed E-state index contributed by atoms with van der Waals surface area (Å²) in [6.07, 6.45) is 0. The lowest BCUT2D eigenvalue weighted by Gasteiger charge is -2.23. The zero-order chi connectivity index (χ0) is 15.4. The highest BCUT2D eigenvalue weighted by atomic mass is 35.5. The summed E-state index contributed by atoms with van der Waals surface area (Å²) in [5.74, 6) is 0.227. The van der Waals surface area contributed by atoms with Crippen LogP contribution in [0, 0.1) is 5.21 Å². The first-order valence-corrected chi connectivity index (χ1v) is 7.07. The Hall–Kier alpha value is -1.72. The lowest BCUT2D eigenvalue weighted by atomic mass is 10.0. The minimum absolute atomic E-state index is 0.227. The molecule has 21 heavy (non-hydrogen) atoms. The molecule has 2 heterocycles.